The minimum Gasteiger partial charge on any atom is -0.454 e. The Morgan fingerprint density at radius 3 is 2.35 bits per heavy atom. The topological polar surface area (TPSA) is 89.3 Å². The number of benzene rings is 4. The summed E-state index contributed by atoms with van der Waals surface area (Å²) in [7, 11) is 0. The van der Waals surface area contributed by atoms with Crippen molar-refractivity contribution in [2.24, 2.45) is 0 Å². The van der Waals surface area contributed by atoms with E-state index in [9.17, 15) is 23.2 Å². The van der Waals surface area contributed by atoms with Gasteiger partial charge in [-0.3, -0.25) is 14.4 Å². The molecular formula is C33H20F2N2O6. The molecule has 0 bridgehead atoms. The van der Waals surface area contributed by atoms with Crippen molar-refractivity contribution >= 4 is 28.5 Å². The number of ether oxygens (including phenoxy) is 2. The Kier molecular flexibility index (Phi) is 5.27. The molecule has 0 N–H and O–H groups in total. The maximum Gasteiger partial charge on any atom is 0.291 e. The normalized spacial score (nSPS) is 18.2. The average molecular weight is 579 g/mol. The molecule has 8 nitrogen and oxygen atoms in total. The highest BCUT2D eigenvalue weighted by Gasteiger charge is 2.65. The van der Waals surface area contributed by atoms with Crippen LogP contribution in [0.1, 0.15) is 32.8 Å². The number of carbonyl (C=O) groups is 2. The Balaban J connectivity index is 1.38. The van der Waals surface area contributed by atoms with E-state index in [2.05, 4.69) is 0 Å². The lowest BCUT2D eigenvalue weighted by molar-refractivity contribution is -0.126. The van der Waals surface area contributed by atoms with Gasteiger partial charge in [0.25, 0.3) is 11.8 Å². The van der Waals surface area contributed by atoms with Crippen molar-refractivity contribution < 1.29 is 32.3 Å². The van der Waals surface area contributed by atoms with Crippen LogP contribution in [-0.2, 0) is 23.4 Å². The number of rotatable bonds is 4. The van der Waals surface area contributed by atoms with Gasteiger partial charge in [-0.25, -0.2) is 8.78 Å². The summed E-state index contributed by atoms with van der Waals surface area (Å²) in [6.07, 6.45) is 0. The van der Waals surface area contributed by atoms with Gasteiger partial charge in [0.15, 0.2) is 22.5 Å². The van der Waals surface area contributed by atoms with Gasteiger partial charge in [0.1, 0.15) is 17.2 Å². The van der Waals surface area contributed by atoms with E-state index >= 15 is 0 Å². The number of nitrogens with zero attached hydrogens (tertiary/aromatic N) is 2. The molecule has 10 heteroatoms. The number of fused-ring (bicyclic) bond motifs is 6. The Labute approximate surface area is 242 Å². The molecule has 1 atom stereocenters. The number of hydrogen-bond acceptors (Lipinski definition) is 6. The van der Waals surface area contributed by atoms with Crippen LogP contribution >= 0.6 is 0 Å². The number of halogens is 2. The van der Waals surface area contributed by atoms with Crippen LogP contribution in [0, 0.1) is 11.6 Å². The molecular weight excluding hydrogens is 558 g/mol. The number of para-hydroxylation sites is 1. The first-order chi connectivity index (χ1) is 20.9. The van der Waals surface area contributed by atoms with Gasteiger partial charge in [-0.05, 0) is 59.7 Å². The van der Waals surface area contributed by atoms with Crippen molar-refractivity contribution in [2.45, 2.75) is 18.6 Å². The standard InChI is InChI=1S/C33H20F2N2O6/c34-20-8-5-18(6-9-20)15-36-24-4-2-1-3-23(24)33(32(36)40)28-29(38)22-14-21(35)10-12-25(22)43-30(28)31(39)37(33)16-19-7-11-26-27(13-19)42-17-41-26/h1-14H,15-17H2. The van der Waals surface area contributed by atoms with Crippen molar-refractivity contribution in [1.82, 2.24) is 4.90 Å². The number of amides is 2. The molecule has 1 unspecified atom stereocenters. The van der Waals surface area contributed by atoms with E-state index in [1.54, 1.807) is 54.6 Å². The Bertz CT molecular complexity index is 2080. The molecule has 5 aromatic rings. The summed E-state index contributed by atoms with van der Waals surface area (Å²) in [6.45, 7) is 0.0175. The van der Waals surface area contributed by atoms with E-state index in [0.29, 0.717) is 33.9 Å². The summed E-state index contributed by atoms with van der Waals surface area (Å²) in [4.78, 5) is 46.2. The minimum absolute atomic E-state index is 0.0282. The van der Waals surface area contributed by atoms with E-state index in [4.69, 9.17) is 13.9 Å². The van der Waals surface area contributed by atoms with Crippen molar-refractivity contribution in [2.75, 3.05) is 11.7 Å². The first-order valence-corrected chi connectivity index (χ1v) is 13.5. The Morgan fingerprint density at radius 2 is 1.51 bits per heavy atom. The molecule has 1 aromatic heterocycles. The molecule has 8 rings (SSSR count). The predicted octanol–water partition coefficient (Wildman–Crippen LogP) is 5.25. The van der Waals surface area contributed by atoms with Gasteiger partial charge >= 0.3 is 0 Å². The van der Waals surface area contributed by atoms with E-state index in [1.165, 1.54) is 28.0 Å². The zero-order valence-corrected chi connectivity index (χ0v) is 22.3. The van der Waals surface area contributed by atoms with Crippen LogP contribution < -0.4 is 19.8 Å². The smallest absolute Gasteiger partial charge is 0.291 e. The summed E-state index contributed by atoms with van der Waals surface area (Å²) in [5.74, 6) is -1.55. The van der Waals surface area contributed by atoms with Gasteiger partial charge in [-0.2, -0.15) is 0 Å². The molecule has 3 aliphatic heterocycles. The van der Waals surface area contributed by atoms with Crippen LogP contribution in [0.2, 0.25) is 0 Å². The predicted molar refractivity (Wildman–Crippen MR) is 150 cm³/mol. The monoisotopic (exact) mass is 578 g/mol. The second-order valence-corrected chi connectivity index (χ2v) is 10.6. The maximum absolute atomic E-state index is 14.9. The van der Waals surface area contributed by atoms with Crippen LogP contribution in [-0.4, -0.2) is 23.5 Å². The number of anilines is 1. The van der Waals surface area contributed by atoms with Crippen LogP contribution in [0.4, 0.5) is 14.5 Å². The summed E-state index contributed by atoms with van der Waals surface area (Å²) >= 11 is 0. The third-order valence-electron chi connectivity index (χ3n) is 8.23. The van der Waals surface area contributed by atoms with E-state index in [0.717, 1.165) is 12.1 Å². The van der Waals surface area contributed by atoms with Crippen LogP contribution in [0.5, 0.6) is 11.5 Å². The van der Waals surface area contributed by atoms with E-state index < -0.39 is 34.4 Å². The number of carbonyl (C=O) groups excluding carboxylic acids is 2. The third kappa shape index (κ3) is 3.49. The molecule has 0 radical (unpaired) electrons. The summed E-state index contributed by atoms with van der Waals surface area (Å²) in [6, 6.07) is 21.3. The van der Waals surface area contributed by atoms with Crippen LogP contribution in [0.15, 0.2) is 94.1 Å². The lowest BCUT2D eigenvalue weighted by atomic mass is 9.83. The summed E-state index contributed by atoms with van der Waals surface area (Å²) in [5.41, 5.74) is -0.596. The quantitative estimate of drug-likeness (QED) is 0.290. The highest BCUT2D eigenvalue weighted by Crippen LogP contribution is 2.53. The minimum atomic E-state index is -1.92. The van der Waals surface area contributed by atoms with Crippen molar-refractivity contribution in [1.29, 1.82) is 0 Å². The van der Waals surface area contributed by atoms with Crippen LogP contribution in [0.3, 0.4) is 0 Å². The van der Waals surface area contributed by atoms with Gasteiger partial charge in [0, 0.05) is 12.1 Å². The zero-order chi connectivity index (χ0) is 29.5. The van der Waals surface area contributed by atoms with E-state index in [1.807, 2.05) is 0 Å². The maximum atomic E-state index is 14.9. The molecule has 0 saturated heterocycles. The Hall–Kier alpha value is -5.51. The third-order valence-corrected chi connectivity index (χ3v) is 8.23. The molecule has 1 spiro atoms. The van der Waals surface area contributed by atoms with Crippen LogP contribution in [0.25, 0.3) is 11.0 Å². The molecule has 3 aliphatic rings. The highest BCUT2D eigenvalue weighted by atomic mass is 19.1. The van der Waals surface area contributed by atoms with E-state index in [-0.39, 0.29) is 42.2 Å². The molecule has 4 aromatic carbocycles. The van der Waals surface area contributed by atoms with Gasteiger partial charge in [-0.15, -0.1) is 0 Å². The first-order valence-electron chi connectivity index (χ1n) is 13.5. The molecule has 0 aliphatic carbocycles. The average Bonchev–Trinajstić information content (AvgIpc) is 3.65. The molecule has 0 saturated carbocycles. The molecule has 43 heavy (non-hydrogen) atoms. The van der Waals surface area contributed by atoms with Crippen molar-refractivity contribution in [3.8, 4) is 11.5 Å². The SMILES string of the molecule is O=C1c2oc3ccc(F)cc3c(=O)c2C2(C(=O)N(Cc3ccc(F)cc3)c3ccccc32)N1Cc1ccc2c(c1)OCO2. The molecule has 4 heterocycles. The fourth-order valence-electron chi connectivity index (χ4n) is 6.34. The summed E-state index contributed by atoms with van der Waals surface area (Å²) in [5, 5.41) is -0.0851. The first kappa shape index (κ1) is 25.2. The molecule has 212 valence electrons. The van der Waals surface area contributed by atoms with Gasteiger partial charge in [-0.1, -0.05) is 36.4 Å². The van der Waals surface area contributed by atoms with Gasteiger partial charge < -0.3 is 23.7 Å². The fraction of sp³-hybridized carbons (Fsp3) is 0.121. The highest BCUT2D eigenvalue weighted by molar-refractivity contribution is 6.17. The largest absolute Gasteiger partial charge is 0.454 e. The van der Waals surface area contributed by atoms with Gasteiger partial charge in [0.2, 0.25) is 12.6 Å². The lowest BCUT2D eigenvalue weighted by Gasteiger charge is -2.34. The van der Waals surface area contributed by atoms with Crippen molar-refractivity contribution in [3.63, 3.8) is 0 Å². The number of hydrogen-bond donors (Lipinski definition) is 0. The summed E-state index contributed by atoms with van der Waals surface area (Å²) < 4.78 is 45.0. The fourth-order valence-corrected chi connectivity index (χ4v) is 6.34. The second-order valence-electron chi connectivity index (χ2n) is 10.6. The second kappa shape index (κ2) is 8.99. The van der Waals surface area contributed by atoms with Crippen molar-refractivity contribution in [3.05, 3.63) is 135 Å². The molecule has 2 amide bonds. The zero-order valence-electron chi connectivity index (χ0n) is 22.3. The Morgan fingerprint density at radius 1 is 0.767 bits per heavy atom. The molecule has 0 fully saturated rings. The van der Waals surface area contributed by atoms with Gasteiger partial charge in [0.05, 0.1) is 23.2 Å². The lowest BCUT2D eigenvalue weighted by Crippen LogP contribution is -2.52.